The van der Waals surface area contributed by atoms with Gasteiger partial charge in [0.05, 0.1) is 6.42 Å². The molecule has 0 aliphatic carbocycles. The zero-order valence-corrected chi connectivity index (χ0v) is 16.6. The first-order valence-corrected chi connectivity index (χ1v) is 9.41. The molecule has 0 unspecified atom stereocenters. The molecule has 0 spiro atoms. The van der Waals surface area contributed by atoms with Crippen molar-refractivity contribution in [3.8, 4) is 0 Å². The van der Waals surface area contributed by atoms with Crippen LogP contribution in [-0.2, 0) is 20.7 Å². The summed E-state index contributed by atoms with van der Waals surface area (Å²) in [6.45, 7) is 6.06. The Hall–Kier alpha value is -2.64. The fraction of sp³-hybridized carbons (Fsp3) is 0.550. The van der Waals surface area contributed by atoms with E-state index in [0.717, 1.165) is 0 Å². The van der Waals surface area contributed by atoms with E-state index >= 15 is 0 Å². The highest BCUT2D eigenvalue weighted by Crippen LogP contribution is 2.14. The summed E-state index contributed by atoms with van der Waals surface area (Å²) in [5.41, 5.74) is -0.237. The third-order valence-electron chi connectivity index (χ3n) is 4.30. The summed E-state index contributed by atoms with van der Waals surface area (Å²) in [6, 6.07) is 6.19. The van der Waals surface area contributed by atoms with E-state index in [4.69, 9.17) is 4.74 Å². The van der Waals surface area contributed by atoms with Gasteiger partial charge >= 0.3 is 6.09 Å². The molecule has 1 saturated heterocycles. The molecule has 0 bridgehead atoms. The Balaban J connectivity index is 1.70. The van der Waals surface area contributed by atoms with Gasteiger partial charge in [-0.15, -0.1) is 0 Å². The number of amides is 3. The van der Waals surface area contributed by atoms with Crippen molar-refractivity contribution in [2.24, 2.45) is 0 Å². The lowest BCUT2D eigenvalue weighted by Gasteiger charge is -2.32. The summed E-state index contributed by atoms with van der Waals surface area (Å²) in [7, 11) is 0. The van der Waals surface area contributed by atoms with E-state index in [9.17, 15) is 18.8 Å². The number of alkyl carbamates (subject to hydrolysis) is 1. The third-order valence-corrected chi connectivity index (χ3v) is 4.30. The zero-order chi connectivity index (χ0) is 20.7. The number of nitrogens with zero attached hydrogens (tertiary/aromatic N) is 1. The second kappa shape index (κ2) is 9.52. The van der Waals surface area contributed by atoms with E-state index in [1.54, 1.807) is 43.9 Å². The summed E-state index contributed by atoms with van der Waals surface area (Å²) in [4.78, 5) is 37.6. The van der Waals surface area contributed by atoms with Crippen LogP contribution < -0.4 is 10.6 Å². The molecule has 0 radical (unpaired) electrons. The summed E-state index contributed by atoms with van der Waals surface area (Å²) in [6.07, 6.45) is 0.613. The van der Waals surface area contributed by atoms with Gasteiger partial charge in [-0.2, -0.15) is 0 Å². The number of benzene rings is 1. The molecular weight excluding hydrogens is 365 g/mol. The zero-order valence-electron chi connectivity index (χ0n) is 16.6. The fourth-order valence-electron chi connectivity index (χ4n) is 2.94. The van der Waals surface area contributed by atoms with Crippen molar-refractivity contribution in [1.29, 1.82) is 0 Å². The van der Waals surface area contributed by atoms with Crippen LogP contribution >= 0.6 is 0 Å². The second-order valence-electron chi connectivity index (χ2n) is 7.85. The first-order valence-electron chi connectivity index (χ1n) is 9.41. The number of hydrogen-bond donors (Lipinski definition) is 2. The largest absolute Gasteiger partial charge is 0.444 e. The van der Waals surface area contributed by atoms with E-state index in [1.165, 1.54) is 6.07 Å². The number of rotatable bonds is 5. The van der Waals surface area contributed by atoms with Gasteiger partial charge in [-0.1, -0.05) is 18.2 Å². The van der Waals surface area contributed by atoms with Gasteiger partial charge in [0.25, 0.3) is 0 Å². The molecule has 2 N–H and O–H groups in total. The second-order valence-corrected chi connectivity index (χ2v) is 7.85. The Labute approximate surface area is 164 Å². The van der Waals surface area contributed by atoms with Crippen molar-refractivity contribution in [1.82, 2.24) is 15.5 Å². The number of ether oxygens (including phenoxy) is 1. The summed E-state index contributed by atoms with van der Waals surface area (Å²) < 4.78 is 18.8. The minimum Gasteiger partial charge on any atom is -0.444 e. The van der Waals surface area contributed by atoms with Crippen molar-refractivity contribution in [2.45, 2.75) is 51.7 Å². The number of hydrogen-bond acceptors (Lipinski definition) is 4. The van der Waals surface area contributed by atoms with Crippen LogP contribution in [0.1, 0.15) is 39.2 Å². The maximum atomic E-state index is 13.7. The van der Waals surface area contributed by atoms with Crippen LogP contribution in [0.5, 0.6) is 0 Å². The molecule has 1 aliphatic heterocycles. The van der Waals surface area contributed by atoms with Crippen molar-refractivity contribution in [2.75, 3.05) is 19.6 Å². The lowest BCUT2D eigenvalue weighted by molar-refractivity contribution is -0.131. The molecule has 1 fully saturated rings. The smallest absolute Gasteiger partial charge is 0.408 e. The number of likely N-dealkylation sites (tertiary alicyclic amines) is 1. The van der Waals surface area contributed by atoms with Crippen molar-refractivity contribution in [3.63, 3.8) is 0 Å². The first-order chi connectivity index (χ1) is 13.1. The molecule has 3 amide bonds. The lowest BCUT2D eigenvalue weighted by atomic mass is 10.0. The van der Waals surface area contributed by atoms with Gasteiger partial charge in [0, 0.05) is 19.1 Å². The molecule has 7 nitrogen and oxygen atoms in total. The Morgan fingerprint density at radius 3 is 2.43 bits per heavy atom. The van der Waals surface area contributed by atoms with Crippen LogP contribution in [0.4, 0.5) is 9.18 Å². The van der Waals surface area contributed by atoms with Gasteiger partial charge in [-0.3, -0.25) is 9.59 Å². The molecule has 1 heterocycles. The van der Waals surface area contributed by atoms with Crippen LogP contribution in [0.2, 0.25) is 0 Å². The highest BCUT2D eigenvalue weighted by molar-refractivity contribution is 5.82. The molecule has 28 heavy (non-hydrogen) atoms. The van der Waals surface area contributed by atoms with Gasteiger partial charge in [0.1, 0.15) is 18.0 Å². The summed E-state index contributed by atoms with van der Waals surface area (Å²) >= 11 is 0. The number of nitrogens with one attached hydrogen (secondary N) is 2. The standard InChI is InChI=1S/C20H28FN3O4/c1-20(2,3)28-19(27)22-13-17(25)23-15-8-10-24(11-9-15)18(26)12-14-6-4-5-7-16(14)21/h4-7,15H,8-13H2,1-3H3,(H,22,27)(H,23,25). The normalized spacial score (nSPS) is 15.1. The quantitative estimate of drug-likeness (QED) is 0.801. The number of piperidine rings is 1. The van der Waals surface area contributed by atoms with Crippen LogP contribution in [0, 0.1) is 5.82 Å². The Kier molecular flexibility index (Phi) is 7.37. The van der Waals surface area contributed by atoms with Crippen molar-refractivity contribution in [3.05, 3.63) is 35.6 Å². The Morgan fingerprint density at radius 2 is 1.82 bits per heavy atom. The maximum absolute atomic E-state index is 13.7. The third kappa shape index (κ3) is 7.17. The molecule has 154 valence electrons. The molecule has 1 aliphatic rings. The molecule has 0 aromatic heterocycles. The monoisotopic (exact) mass is 393 g/mol. The lowest BCUT2D eigenvalue weighted by Crippen LogP contribution is -2.49. The summed E-state index contributed by atoms with van der Waals surface area (Å²) in [5.74, 6) is -0.807. The minimum atomic E-state index is -0.642. The van der Waals surface area contributed by atoms with E-state index in [0.29, 0.717) is 31.5 Å². The fourth-order valence-corrected chi connectivity index (χ4v) is 2.94. The van der Waals surface area contributed by atoms with Gasteiger partial charge in [-0.25, -0.2) is 9.18 Å². The highest BCUT2D eigenvalue weighted by atomic mass is 19.1. The topological polar surface area (TPSA) is 87.7 Å². The molecule has 0 saturated carbocycles. The van der Waals surface area contributed by atoms with Gasteiger partial charge in [0.15, 0.2) is 0 Å². The number of halogens is 1. The predicted molar refractivity (Wildman–Crippen MR) is 102 cm³/mol. The van der Waals surface area contributed by atoms with Crippen LogP contribution in [0.3, 0.4) is 0 Å². The van der Waals surface area contributed by atoms with Crippen molar-refractivity contribution >= 4 is 17.9 Å². The average Bonchev–Trinajstić information content (AvgIpc) is 2.61. The number of carbonyl (C=O) groups excluding carboxylic acids is 3. The van der Waals surface area contributed by atoms with Gasteiger partial charge in [-0.05, 0) is 45.2 Å². The molecule has 0 atom stereocenters. The molecular formula is C20H28FN3O4. The predicted octanol–water partition coefficient (Wildman–Crippen LogP) is 2.00. The molecule has 8 heteroatoms. The Morgan fingerprint density at radius 1 is 1.18 bits per heavy atom. The van der Waals surface area contributed by atoms with E-state index in [-0.39, 0.29) is 36.6 Å². The molecule has 2 rings (SSSR count). The summed E-state index contributed by atoms with van der Waals surface area (Å²) in [5, 5.41) is 5.26. The van der Waals surface area contributed by atoms with Crippen LogP contribution in [-0.4, -0.2) is 54.1 Å². The SMILES string of the molecule is CC(C)(C)OC(=O)NCC(=O)NC1CCN(C(=O)Cc2ccccc2F)CC1. The van der Waals surface area contributed by atoms with Crippen LogP contribution in [0.25, 0.3) is 0 Å². The first kappa shape index (κ1) is 21.7. The van der Waals surface area contributed by atoms with Crippen molar-refractivity contribution < 1.29 is 23.5 Å². The highest BCUT2D eigenvalue weighted by Gasteiger charge is 2.24. The van der Waals surface area contributed by atoms with Crippen LogP contribution in [0.15, 0.2) is 24.3 Å². The van der Waals surface area contributed by atoms with E-state index in [2.05, 4.69) is 10.6 Å². The maximum Gasteiger partial charge on any atom is 0.408 e. The molecule has 1 aromatic carbocycles. The van der Waals surface area contributed by atoms with Gasteiger partial charge in [0.2, 0.25) is 11.8 Å². The number of carbonyl (C=O) groups is 3. The molecule has 1 aromatic rings. The van der Waals surface area contributed by atoms with E-state index < -0.39 is 11.7 Å². The Bertz CT molecular complexity index is 710. The minimum absolute atomic E-state index is 0.0313. The van der Waals surface area contributed by atoms with E-state index in [1.807, 2.05) is 0 Å². The average molecular weight is 393 g/mol. The van der Waals surface area contributed by atoms with Gasteiger partial charge < -0.3 is 20.3 Å².